The van der Waals surface area contributed by atoms with Gasteiger partial charge >= 0.3 is 11.8 Å². The van der Waals surface area contributed by atoms with Crippen LogP contribution in [-0.2, 0) is 20.9 Å². The highest BCUT2D eigenvalue weighted by Gasteiger charge is 2.16. The lowest BCUT2D eigenvalue weighted by molar-refractivity contribution is -0.136. The minimum Gasteiger partial charge on any atom is -0.460 e. The molecule has 3 rings (SSSR count). The van der Waals surface area contributed by atoms with Gasteiger partial charge in [-0.3, -0.25) is 14.4 Å². The van der Waals surface area contributed by atoms with Crippen molar-refractivity contribution in [3.05, 3.63) is 94.4 Å². The summed E-state index contributed by atoms with van der Waals surface area (Å²) in [5.41, 5.74) is 1.17. The molecule has 1 aromatic heterocycles. The van der Waals surface area contributed by atoms with Gasteiger partial charge in [-0.25, -0.2) is 0 Å². The summed E-state index contributed by atoms with van der Waals surface area (Å²) in [5.74, 6) is -1.66. The van der Waals surface area contributed by atoms with Gasteiger partial charge in [-0.2, -0.15) is 5.26 Å². The number of hydrogen-bond donors (Lipinski definition) is 3. The molecule has 0 aliphatic heterocycles. The standard InChI is InChI=1S/C25H21ClN4O4/c1-16(17-6-3-2-4-7-17)29-23(31)18(14-27)12-21-10-11-22(34-21)15-28-24(32)25(33)30-20-9-5-8-19(26)13-20/h2-13,16H,15H2,1H3,(H,28,32)(H,29,31)(H,30,33)/b18-12-/t16-/m0/s1. The first-order valence-electron chi connectivity index (χ1n) is 10.3. The molecule has 0 saturated carbocycles. The number of rotatable bonds is 7. The Morgan fingerprint density at radius 3 is 2.50 bits per heavy atom. The van der Waals surface area contributed by atoms with E-state index in [1.165, 1.54) is 12.1 Å². The van der Waals surface area contributed by atoms with Crippen LogP contribution in [0.15, 0.2) is 76.7 Å². The number of nitriles is 1. The van der Waals surface area contributed by atoms with Crippen molar-refractivity contribution in [2.24, 2.45) is 0 Å². The Balaban J connectivity index is 1.56. The maximum absolute atomic E-state index is 12.5. The van der Waals surface area contributed by atoms with Gasteiger partial charge < -0.3 is 20.4 Å². The summed E-state index contributed by atoms with van der Waals surface area (Å²) >= 11 is 5.86. The van der Waals surface area contributed by atoms with E-state index in [2.05, 4.69) is 16.0 Å². The van der Waals surface area contributed by atoms with Crippen LogP contribution in [0.5, 0.6) is 0 Å². The highest BCUT2D eigenvalue weighted by molar-refractivity contribution is 6.39. The summed E-state index contributed by atoms with van der Waals surface area (Å²) in [6.07, 6.45) is 1.31. The van der Waals surface area contributed by atoms with E-state index in [0.717, 1.165) is 5.56 Å². The number of halogens is 1. The van der Waals surface area contributed by atoms with E-state index in [1.807, 2.05) is 43.3 Å². The average molecular weight is 477 g/mol. The molecule has 3 N–H and O–H groups in total. The van der Waals surface area contributed by atoms with Gasteiger partial charge in [0.15, 0.2) is 0 Å². The van der Waals surface area contributed by atoms with Gasteiger partial charge in [0.1, 0.15) is 23.2 Å². The van der Waals surface area contributed by atoms with Crippen LogP contribution in [0.2, 0.25) is 5.02 Å². The van der Waals surface area contributed by atoms with E-state index < -0.39 is 17.7 Å². The summed E-state index contributed by atoms with van der Waals surface area (Å²) in [6, 6.07) is 20.5. The molecular formula is C25H21ClN4O4. The van der Waals surface area contributed by atoms with Crippen molar-refractivity contribution in [3.63, 3.8) is 0 Å². The summed E-state index contributed by atoms with van der Waals surface area (Å²) in [5, 5.41) is 17.5. The zero-order valence-electron chi connectivity index (χ0n) is 18.2. The van der Waals surface area contributed by atoms with Crippen LogP contribution in [0.3, 0.4) is 0 Å². The molecule has 0 fully saturated rings. The molecule has 34 heavy (non-hydrogen) atoms. The molecule has 1 heterocycles. The van der Waals surface area contributed by atoms with Gasteiger partial charge in [0.2, 0.25) is 0 Å². The monoisotopic (exact) mass is 476 g/mol. The molecule has 0 unspecified atom stereocenters. The quantitative estimate of drug-likeness (QED) is 0.270. The highest BCUT2D eigenvalue weighted by Crippen LogP contribution is 2.16. The van der Waals surface area contributed by atoms with Crippen LogP contribution in [0, 0.1) is 11.3 Å². The van der Waals surface area contributed by atoms with Crippen molar-refractivity contribution in [2.75, 3.05) is 5.32 Å². The van der Waals surface area contributed by atoms with Crippen molar-refractivity contribution in [3.8, 4) is 6.07 Å². The molecule has 0 radical (unpaired) electrons. The lowest BCUT2D eigenvalue weighted by atomic mass is 10.1. The van der Waals surface area contributed by atoms with E-state index >= 15 is 0 Å². The minimum absolute atomic E-state index is 0.0608. The number of nitrogens with zero attached hydrogens (tertiary/aromatic N) is 1. The molecule has 172 valence electrons. The number of hydrogen-bond acceptors (Lipinski definition) is 5. The number of carbonyl (C=O) groups excluding carboxylic acids is 3. The molecular weight excluding hydrogens is 456 g/mol. The summed E-state index contributed by atoms with van der Waals surface area (Å²) in [6.45, 7) is 1.76. The zero-order chi connectivity index (χ0) is 24.5. The topological polar surface area (TPSA) is 124 Å². The van der Waals surface area contributed by atoms with Gasteiger partial charge in [-0.1, -0.05) is 48.0 Å². The van der Waals surface area contributed by atoms with Crippen LogP contribution in [0.25, 0.3) is 6.08 Å². The fourth-order valence-corrected chi connectivity index (χ4v) is 3.15. The molecule has 0 bridgehead atoms. The van der Waals surface area contributed by atoms with E-state index in [-0.39, 0.29) is 23.9 Å². The van der Waals surface area contributed by atoms with E-state index in [1.54, 1.807) is 30.3 Å². The minimum atomic E-state index is -0.861. The van der Waals surface area contributed by atoms with Crippen molar-refractivity contribution in [1.29, 1.82) is 5.26 Å². The fraction of sp³-hybridized carbons (Fsp3) is 0.120. The second-order valence-electron chi connectivity index (χ2n) is 7.23. The predicted octanol–water partition coefficient (Wildman–Crippen LogP) is 3.97. The summed E-state index contributed by atoms with van der Waals surface area (Å²) < 4.78 is 5.55. The normalized spacial score (nSPS) is 11.7. The number of benzene rings is 2. The smallest absolute Gasteiger partial charge is 0.313 e. The maximum atomic E-state index is 12.5. The van der Waals surface area contributed by atoms with Gasteiger partial charge in [0.05, 0.1) is 12.6 Å². The average Bonchev–Trinajstić information content (AvgIpc) is 3.28. The lowest BCUT2D eigenvalue weighted by Gasteiger charge is -2.13. The number of anilines is 1. The third-order valence-corrected chi connectivity index (χ3v) is 4.93. The predicted molar refractivity (Wildman–Crippen MR) is 127 cm³/mol. The molecule has 2 aromatic carbocycles. The number of carbonyl (C=O) groups is 3. The Hall–Kier alpha value is -4.35. The number of furan rings is 1. The van der Waals surface area contributed by atoms with Crippen molar-refractivity contribution >= 4 is 41.1 Å². The fourth-order valence-electron chi connectivity index (χ4n) is 2.96. The zero-order valence-corrected chi connectivity index (χ0v) is 18.9. The number of nitrogens with one attached hydrogen (secondary N) is 3. The van der Waals surface area contributed by atoms with Gasteiger partial charge in [0, 0.05) is 16.8 Å². The Kier molecular flexibility index (Phi) is 8.21. The molecule has 0 aliphatic rings. The Morgan fingerprint density at radius 2 is 1.79 bits per heavy atom. The molecule has 9 heteroatoms. The van der Waals surface area contributed by atoms with E-state index in [0.29, 0.717) is 16.5 Å². The molecule has 8 nitrogen and oxygen atoms in total. The third-order valence-electron chi connectivity index (χ3n) is 4.69. The molecule has 0 spiro atoms. The van der Waals surface area contributed by atoms with Crippen LogP contribution in [0.1, 0.15) is 30.0 Å². The van der Waals surface area contributed by atoms with Crippen LogP contribution >= 0.6 is 11.6 Å². The first-order chi connectivity index (χ1) is 16.4. The van der Waals surface area contributed by atoms with Gasteiger partial charge in [-0.15, -0.1) is 0 Å². The Morgan fingerprint density at radius 1 is 1.03 bits per heavy atom. The van der Waals surface area contributed by atoms with Crippen LogP contribution in [-0.4, -0.2) is 17.7 Å². The lowest BCUT2D eigenvalue weighted by Crippen LogP contribution is -2.34. The molecule has 3 amide bonds. The first-order valence-corrected chi connectivity index (χ1v) is 10.6. The summed E-state index contributed by atoms with van der Waals surface area (Å²) in [7, 11) is 0. The van der Waals surface area contributed by atoms with Crippen molar-refractivity contribution in [1.82, 2.24) is 10.6 Å². The largest absolute Gasteiger partial charge is 0.460 e. The third kappa shape index (κ3) is 6.82. The van der Waals surface area contributed by atoms with Crippen LogP contribution in [0.4, 0.5) is 5.69 Å². The maximum Gasteiger partial charge on any atom is 0.313 e. The van der Waals surface area contributed by atoms with Crippen molar-refractivity contribution in [2.45, 2.75) is 19.5 Å². The van der Waals surface area contributed by atoms with Crippen LogP contribution < -0.4 is 16.0 Å². The highest BCUT2D eigenvalue weighted by atomic mass is 35.5. The SMILES string of the molecule is C[C@H](NC(=O)/C(C#N)=C\c1ccc(CNC(=O)C(=O)Nc2cccc(Cl)c2)o1)c1ccccc1. The van der Waals surface area contributed by atoms with Gasteiger partial charge in [0.25, 0.3) is 5.91 Å². The molecule has 0 aliphatic carbocycles. The van der Waals surface area contributed by atoms with Gasteiger partial charge in [-0.05, 0) is 42.8 Å². The second kappa shape index (κ2) is 11.5. The van der Waals surface area contributed by atoms with E-state index in [9.17, 15) is 19.6 Å². The summed E-state index contributed by atoms with van der Waals surface area (Å²) in [4.78, 5) is 36.5. The Bertz CT molecular complexity index is 1260. The molecule has 3 aromatic rings. The first kappa shape index (κ1) is 24.3. The molecule has 1 atom stereocenters. The van der Waals surface area contributed by atoms with E-state index in [4.69, 9.17) is 16.0 Å². The second-order valence-corrected chi connectivity index (χ2v) is 7.66. The van der Waals surface area contributed by atoms with Crippen molar-refractivity contribution < 1.29 is 18.8 Å². The molecule has 0 saturated heterocycles. The Labute approximate surface area is 201 Å². The number of amides is 3.